The van der Waals surface area contributed by atoms with E-state index in [-0.39, 0.29) is 0 Å². The molecule has 0 amide bonds. The van der Waals surface area contributed by atoms with Gasteiger partial charge in [-0.25, -0.2) is 13.4 Å². The SMILES string of the molecule is CC(C)(O)c1nc(-c2ccc(Cl)cc2)c(-c2cccc(-c3cc(C(C)(C)S(C)(=O)=O)cc4cccnc34)c2)s1. The summed E-state index contributed by atoms with van der Waals surface area (Å²) in [5.41, 5.74) is 4.74. The Morgan fingerprint density at radius 3 is 2.23 bits per heavy atom. The summed E-state index contributed by atoms with van der Waals surface area (Å²) in [5.74, 6) is 0. The molecule has 200 valence electrons. The van der Waals surface area contributed by atoms with E-state index < -0.39 is 20.2 Å². The molecule has 5 nitrogen and oxygen atoms in total. The molecule has 0 aliphatic heterocycles. The van der Waals surface area contributed by atoms with E-state index in [9.17, 15) is 13.5 Å². The quantitative estimate of drug-likeness (QED) is 0.222. The van der Waals surface area contributed by atoms with Crippen molar-refractivity contribution in [2.45, 2.75) is 38.0 Å². The van der Waals surface area contributed by atoms with Gasteiger partial charge in [0.05, 0.1) is 20.8 Å². The van der Waals surface area contributed by atoms with Gasteiger partial charge in [-0.1, -0.05) is 48.0 Å². The lowest BCUT2D eigenvalue weighted by Crippen LogP contribution is -2.28. The van der Waals surface area contributed by atoms with Crippen LogP contribution in [0.1, 0.15) is 38.3 Å². The Labute approximate surface area is 238 Å². The first-order valence-electron chi connectivity index (χ1n) is 12.4. The van der Waals surface area contributed by atoms with Crippen molar-refractivity contribution < 1.29 is 13.5 Å². The average Bonchev–Trinajstić information content (AvgIpc) is 3.34. The number of sulfone groups is 1. The van der Waals surface area contributed by atoms with E-state index in [1.165, 1.54) is 17.6 Å². The van der Waals surface area contributed by atoms with Crippen molar-refractivity contribution in [1.82, 2.24) is 9.97 Å². The van der Waals surface area contributed by atoms with Crippen LogP contribution in [0.3, 0.4) is 0 Å². The number of rotatable bonds is 6. The van der Waals surface area contributed by atoms with Crippen LogP contribution in [0.5, 0.6) is 0 Å². The zero-order valence-corrected chi connectivity index (χ0v) is 24.7. The maximum absolute atomic E-state index is 12.7. The summed E-state index contributed by atoms with van der Waals surface area (Å²) in [6.45, 7) is 6.91. The van der Waals surface area contributed by atoms with Crippen molar-refractivity contribution in [1.29, 1.82) is 0 Å². The highest BCUT2D eigenvalue weighted by Crippen LogP contribution is 2.42. The van der Waals surface area contributed by atoms with Gasteiger partial charge in [0.1, 0.15) is 10.6 Å². The van der Waals surface area contributed by atoms with Crippen molar-refractivity contribution in [3.8, 4) is 32.8 Å². The lowest BCUT2D eigenvalue weighted by molar-refractivity contribution is 0.0783. The van der Waals surface area contributed by atoms with Gasteiger partial charge in [-0.05, 0) is 80.8 Å². The molecule has 1 N–H and O–H groups in total. The Morgan fingerprint density at radius 1 is 0.872 bits per heavy atom. The summed E-state index contributed by atoms with van der Waals surface area (Å²) in [6, 6.07) is 23.2. The van der Waals surface area contributed by atoms with E-state index in [1.54, 1.807) is 33.9 Å². The number of hydrogen-bond acceptors (Lipinski definition) is 6. The fourth-order valence-electron chi connectivity index (χ4n) is 4.38. The molecular formula is C31H29ClN2O3S2. The Hall–Kier alpha value is -3.10. The Kier molecular flexibility index (Phi) is 6.92. The van der Waals surface area contributed by atoms with Gasteiger partial charge in [0.15, 0.2) is 9.84 Å². The monoisotopic (exact) mass is 576 g/mol. The van der Waals surface area contributed by atoms with Crippen molar-refractivity contribution in [2.24, 2.45) is 0 Å². The number of benzene rings is 3. The van der Waals surface area contributed by atoms with Crippen molar-refractivity contribution in [2.75, 3.05) is 6.26 Å². The molecule has 0 saturated heterocycles. The molecule has 0 saturated carbocycles. The molecule has 0 bridgehead atoms. The minimum atomic E-state index is -3.38. The first-order chi connectivity index (χ1) is 18.3. The molecule has 0 radical (unpaired) electrons. The first-order valence-corrected chi connectivity index (χ1v) is 15.5. The summed E-state index contributed by atoms with van der Waals surface area (Å²) in [4.78, 5) is 10.4. The number of fused-ring (bicyclic) bond motifs is 1. The third-order valence-electron chi connectivity index (χ3n) is 7.03. The van der Waals surface area contributed by atoms with Gasteiger partial charge < -0.3 is 5.11 Å². The van der Waals surface area contributed by atoms with E-state index in [1.807, 2.05) is 66.7 Å². The van der Waals surface area contributed by atoms with E-state index >= 15 is 0 Å². The van der Waals surface area contributed by atoms with Crippen LogP contribution in [0, 0.1) is 0 Å². The van der Waals surface area contributed by atoms with Crippen LogP contribution in [0.25, 0.3) is 43.7 Å². The number of aromatic nitrogens is 2. The first kappa shape index (κ1) is 27.5. The van der Waals surface area contributed by atoms with E-state index in [0.717, 1.165) is 43.7 Å². The summed E-state index contributed by atoms with van der Waals surface area (Å²) < 4.78 is 24.3. The normalized spacial score (nSPS) is 12.7. The molecule has 5 rings (SSSR count). The number of pyridine rings is 1. The Bertz CT molecular complexity index is 1800. The zero-order valence-electron chi connectivity index (χ0n) is 22.4. The molecule has 0 atom stereocenters. The van der Waals surface area contributed by atoms with Crippen molar-refractivity contribution in [3.05, 3.63) is 94.6 Å². The minimum Gasteiger partial charge on any atom is -0.383 e. The zero-order chi connectivity index (χ0) is 28.2. The molecule has 0 aliphatic carbocycles. The minimum absolute atomic E-state index is 0.608. The van der Waals surface area contributed by atoms with E-state index in [4.69, 9.17) is 16.6 Å². The van der Waals surface area contributed by atoms with Crippen molar-refractivity contribution in [3.63, 3.8) is 0 Å². The molecule has 5 aromatic rings. The fourth-order valence-corrected chi connectivity index (χ4v) is 6.14. The highest BCUT2D eigenvalue weighted by molar-refractivity contribution is 7.91. The lowest BCUT2D eigenvalue weighted by Gasteiger charge is -2.24. The molecular weight excluding hydrogens is 548 g/mol. The maximum Gasteiger partial charge on any atom is 0.156 e. The summed E-state index contributed by atoms with van der Waals surface area (Å²) >= 11 is 7.59. The highest BCUT2D eigenvalue weighted by atomic mass is 35.5. The molecule has 0 unspecified atom stereocenters. The molecule has 39 heavy (non-hydrogen) atoms. The largest absolute Gasteiger partial charge is 0.383 e. The topological polar surface area (TPSA) is 80.2 Å². The van der Waals surface area contributed by atoms with Crippen LogP contribution < -0.4 is 0 Å². The average molecular weight is 577 g/mol. The van der Waals surface area contributed by atoms with Crippen molar-refractivity contribution >= 4 is 43.7 Å². The number of thiazole rings is 1. The number of aliphatic hydroxyl groups is 1. The molecule has 2 heterocycles. The van der Waals surface area contributed by atoms with E-state index in [0.29, 0.717) is 15.6 Å². The second-order valence-corrected chi connectivity index (χ2v) is 14.7. The maximum atomic E-state index is 12.7. The molecule has 0 spiro atoms. The summed E-state index contributed by atoms with van der Waals surface area (Å²) in [7, 11) is -3.38. The van der Waals surface area contributed by atoms with Gasteiger partial charge in [0, 0.05) is 34.0 Å². The number of nitrogens with zero attached hydrogens (tertiary/aromatic N) is 2. The van der Waals surface area contributed by atoms with Gasteiger partial charge >= 0.3 is 0 Å². The molecule has 0 aliphatic rings. The van der Waals surface area contributed by atoms with Gasteiger partial charge in [0.25, 0.3) is 0 Å². The van der Waals surface area contributed by atoms with Gasteiger partial charge in [-0.15, -0.1) is 11.3 Å². The number of hydrogen-bond donors (Lipinski definition) is 1. The van der Waals surface area contributed by atoms with Gasteiger partial charge in [-0.2, -0.15) is 0 Å². The predicted octanol–water partition coefficient (Wildman–Crippen LogP) is 7.85. The van der Waals surface area contributed by atoms with Crippen LogP contribution in [0.15, 0.2) is 79.0 Å². The van der Waals surface area contributed by atoms with Gasteiger partial charge in [0.2, 0.25) is 0 Å². The Morgan fingerprint density at radius 2 is 1.56 bits per heavy atom. The molecule has 2 aromatic heterocycles. The van der Waals surface area contributed by atoms with Crippen LogP contribution in [-0.4, -0.2) is 29.7 Å². The number of halogens is 1. The second kappa shape index (κ2) is 9.82. The second-order valence-electron chi connectivity index (χ2n) is 10.7. The van der Waals surface area contributed by atoms with Crippen LogP contribution in [0.2, 0.25) is 5.02 Å². The van der Waals surface area contributed by atoms with Crippen LogP contribution >= 0.6 is 22.9 Å². The lowest BCUT2D eigenvalue weighted by atomic mass is 9.92. The van der Waals surface area contributed by atoms with Crippen LogP contribution in [0.4, 0.5) is 0 Å². The van der Waals surface area contributed by atoms with Gasteiger partial charge in [-0.3, -0.25) is 4.98 Å². The third-order valence-corrected chi connectivity index (χ3v) is 10.8. The smallest absolute Gasteiger partial charge is 0.156 e. The summed E-state index contributed by atoms with van der Waals surface area (Å²) in [5, 5.41) is 12.9. The van der Waals surface area contributed by atoms with Crippen LogP contribution in [-0.2, 0) is 20.2 Å². The highest BCUT2D eigenvalue weighted by Gasteiger charge is 2.33. The van der Waals surface area contributed by atoms with E-state index in [2.05, 4.69) is 11.1 Å². The molecule has 8 heteroatoms. The fraction of sp³-hybridized carbons (Fsp3) is 0.226. The third kappa shape index (κ3) is 5.24. The standard InChI is InChI=1S/C31H29ClN2O3S2/c1-30(2,35)29-34-27(19-11-13-24(32)14-12-19)28(38-29)22-9-6-8-20(16-22)25-18-23(31(3,4)39(5,36)37)17-21-10-7-15-33-26(21)25/h6-18,35H,1-5H3. The predicted molar refractivity (Wildman–Crippen MR) is 162 cm³/mol. The molecule has 3 aromatic carbocycles. The molecule has 0 fully saturated rings. The summed E-state index contributed by atoms with van der Waals surface area (Å²) in [6.07, 6.45) is 3.01. The Balaban J connectivity index is 1.73.